The number of carbonyl (C=O) groups excluding carboxylic acids is 8. The lowest BCUT2D eigenvalue weighted by atomic mass is 10.1. The van der Waals surface area contributed by atoms with Gasteiger partial charge in [-0.15, -0.1) is 0 Å². The van der Waals surface area contributed by atoms with Crippen molar-refractivity contribution in [3.8, 4) is 0 Å². The van der Waals surface area contributed by atoms with Crippen molar-refractivity contribution in [2.45, 2.75) is 387 Å². The summed E-state index contributed by atoms with van der Waals surface area (Å²) >= 11 is 2.06. The van der Waals surface area contributed by atoms with Crippen LogP contribution in [0.25, 0.3) is 0 Å². The van der Waals surface area contributed by atoms with Crippen LogP contribution < -0.4 is 10.6 Å². The Morgan fingerprint density at radius 3 is 0.663 bits per heavy atom. The fourth-order valence-electron chi connectivity index (χ4n) is 12.5. The van der Waals surface area contributed by atoms with E-state index < -0.39 is 23.9 Å². The minimum absolute atomic E-state index is 0.148. The van der Waals surface area contributed by atoms with Gasteiger partial charge in [-0.2, -0.15) is 0 Å². The number of nitrogens with zero attached hydrogens (tertiary/aromatic N) is 2. The Hall–Kier alpha value is -3.22. The first-order valence-corrected chi connectivity index (χ1v) is 42.9. The van der Waals surface area contributed by atoms with Crippen molar-refractivity contribution in [1.82, 2.24) is 20.4 Å². The fraction of sp³-hybridized carbons (Fsp3) is 0.900. The van der Waals surface area contributed by atoms with Crippen LogP contribution in [0.5, 0.6) is 0 Å². The Balaban J connectivity index is 2.66. The number of hydrogen-bond donors (Lipinski definition) is 2. The van der Waals surface area contributed by atoms with Gasteiger partial charge in [0.25, 0.3) is 0 Å². The number of nitrogens with one attached hydrogen (secondary N) is 2. The van der Waals surface area contributed by atoms with E-state index >= 15 is 0 Å². The van der Waals surface area contributed by atoms with Crippen LogP contribution in [-0.2, 0) is 57.3 Å². The van der Waals surface area contributed by atoms with Gasteiger partial charge in [-0.25, -0.2) is 0 Å². The van der Waals surface area contributed by atoms with E-state index in [4.69, 9.17) is 18.9 Å². The number of amides is 2. The summed E-state index contributed by atoms with van der Waals surface area (Å²) in [5.41, 5.74) is 0. The molecule has 0 aliphatic carbocycles. The Bertz CT molecular complexity index is 1730. The predicted octanol–water partition coefficient (Wildman–Crippen LogP) is 19.4. The van der Waals surface area contributed by atoms with Gasteiger partial charge < -0.3 is 39.4 Å². The lowest BCUT2D eigenvalue weighted by molar-refractivity contribution is -0.146. The molecule has 2 unspecified atom stereocenters. The average molecular weight is 1420 g/mol. The maximum Gasteiger partial charge on any atom is 0.307 e. The molecular weight excluding hydrogens is 1270 g/mol. The second-order valence-corrected chi connectivity index (χ2v) is 30.4. The fourth-order valence-corrected chi connectivity index (χ4v) is 14.2. The van der Waals surface area contributed by atoms with Crippen molar-refractivity contribution in [3.05, 3.63) is 0 Å². The normalized spacial score (nSPS) is 13.9. The lowest BCUT2D eigenvalue weighted by Crippen LogP contribution is -2.62. The van der Waals surface area contributed by atoms with Crippen molar-refractivity contribution in [2.24, 2.45) is 0 Å². The number of carbonyl (C=O) groups is 8. The first-order chi connectivity index (χ1) is 47.9. The SMILES string of the molecule is CCCCCCCCCCCCCCOC(=O)CCN(CCSC(=O)CC1NC(=O)C(CC(=O)SCCN(CCC(=O)OCCCCCCCCCCCCCC)CCC(=O)OCCCCCCCCCCCCCC)NC1=O)CCC(=O)OCCCCCCCCCCCCCC. The molecule has 1 aliphatic rings. The number of esters is 4. The number of ether oxygens (including phenoxy) is 4. The van der Waals surface area contributed by atoms with Crippen molar-refractivity contribution < 1.29 is 57.3 Å². The topological polar surface area (TPSA) is 204 Å². The van der Waals surface area contributed by atoms with Crippen LogP contribution in [0, 0.1) is 0 Å². The second-order valence-electron chi connectivity index (χ2n) is 28.1. The molecule has 0 aromatic heterocycles. The monoisotopic (exact) mass is 1420 g/mol. The molecule has 98 heavy (non-hydrogen) atoms. The summed E-state index contributed by atoms with van der Waals surface area (Å²) in [7, 11) is 0. The maximum atomic E-state index is 13.3. The van der Waals surface area contributed by atoms with Crippen LogP contribution in [0.2, 0.25) is 0 Å². The van der Waals surface area contributed by atoms with Crippen molar-refractivity contribution in [2.75, 3.05) is 77.2 Å². The van der Waals surface area contributed by atoms with Crippen molar-refractivity contribution in [1.29, 1.82) is 0 Å². The van der Waals surface area contributed by atoms with Gasteiger partial charge in [0.1, 0.15) is 12.1 Å². The Morgan fingerprint density at radius 2 is 0.469 bits per heavy atom. The van der Waals surface area contributed by atoms with E-state index in [0.717, 1.165) is 101 Å². The highest BCUT2D eigenvalue weighted by molar-refractivity contribution is 8.13. The van der Waals surface area contributed by atoms with Gasteiger partial charge in [0.2, 0.25) is 11.8 Å². The molecule has 2 amide bonds. The minimum atomic E-state index is -1.10. The van der Waals surface area contributed by atoms with Gasteiger partial charge in [-0.05, 0) is 25.7 Å². The highest BCUT2D eigenvalue weighted by atomic mass is 32.2. The lowest BCUT2D eigenvalue weighted by Gasteiger charge is -2.29. The molecule has 2 N–H and O–H groups in total. The third-order valence-corrected chi connectivity index (χ3v) is 20.7. The van der Waals surface area contributed by atoms with Crippen LogP contribution >= 0.6 is 23.5 Å². The van der Waals surface area contributed by atoms with E-state index in [0.29, 0.717) is 77.2 Å². The van der Waals surface area contributed by atoms with E-state index in [2.05, 4.69) is 38.3 Å². The number of unbranched alkanes of at least 4 members (excludes halogenated alkanes) is 44. The molecule has 1 fully saturated rings. The minimum Gasteiger partial charge on any atom is -0.466 e. The summed E-state index contributed by atoms with van der Waals surface area (Å²) in [4.78, 5) is 109. The average Bonchev–Trinajstić information content (AvgIpc) is 0.901. The highest BCUT2D eigenvalue weighted by Crippen LogP contribution is 2.20. The summed E-state index contributed by atoms with van der Waals surface area (Å²) in [5.74, 6) is -1.60. The van der Waals surface area contributed by atoms with Crippen LogP contribution in [0.15, 0.2) is 0 Å². The second kappa shape index (κ2) is 70.8. The van der Waals surface area contributed by atoms with E-state index in [-0.39, 0.29) is 72.6 Å². The molecule has 0 saturated carbocycles. The quantitative estimate of drug-likeness (QED) is 0.0330. The van der Waals surface area contributed by atoms with Crippen LogP contribution in [-0.4, -0.2) is 145 Å². The molecule has 1 rings (SSSR count). The summed E-state index contributed by atoms with van der Waals surface area (Å²) in [6.45, 7) is 12.7. The van der Waals surface area contributed by atoms with Gasteiger partial charge >= 0.3 is 23.9 Å². The van der Waals surface area contributed by atoms with E-state index in [1.807, 2.05) is 9.80 Å². The molecule has 1 aliphatic heterocycles. The molecule has 1 heterocycles. The first kappa shape index (κ1) is 92.8. The number of thioether (sulfide) groups is 2. The molecule has 16 nitrogen and oxygen atoms in total. The van der Waals surface area contributed by atoms with Gasteiger partial charge in [0.05, 0.1) is 52.1 Å². The van der Waals surface area contributed by atoms with E-state index in [1.54, 1.807) is 0 Å². The Kier molecular flexibility index (Phi) is 67.0. The van der Waals surface area contributed by atoms with Crippen LogP contribution in [0.4, 0.5) is 0 Å². The smallest absolute Gasteiger partial charge is 0.307 e. The maximum absolute atomic E-state index is 13.3. The number of piperazine rings is 1. The number of hydrogen-bond acceptors (Lipinski definition) is 16. The third-order valence-electron chi connectivity index (χ3n) is 18.9. The molecule has 572 valence electrons. The third kappa shape index (κ3) is 61.4. The zero-order chi connectivity index (χ0) is 71.3. The van der Waals surface area contributed by atoms with Crippen molar-refractivity contribution >= 4 is 69.4 Å². The van der Waals surface area contributed by atoms with Crippen LogP contribution in [0.3, 0.4) is 0 Å². The first-order valence-electron chi connectivity index (χ1n) is 40.9. The number of rotatable bonds is 74. The van der Waals surface area contributed by atoms with Crippen LogP contribution in [0.1, 0.15) is 374 Å². The zero-order valence-electron chi connectivity index (χ0n) is 63.4. The summed E-state index contributed by atoms with van der Waals surface area (Å²) < 4.78 is 22.4. The molecule has 0 aromatic rings. The molecule has 1 saturated heterocycles. The van der Waals surface area contributed by atoms with Gasteiger partial charge in [-0.1, -0.05) is 334 Å². The summed E-state index contributed by atoms with van der Waals surface area (Å²) in [5, 5.41) is 4.72. The van der Waals surface area contributed by atoms with Gasteiger partial charge in [0, 0.05) is 63.6 Å². The molecule has 2 atom stereocenters. The predicted molar refractivity (Wildman–Crippen MR) is 408 cm³/mol. The molecular formula is C80H148N4O12S2. The molecule has 0 radical (unpaired) electrons. The molecule has 0 bridgehead atoms. The van der Waals surface area contributed by atoms with Gasteiger partial charge in [0.15, 0.2) is 10.2 Å². The zero-order valence-corrected chi connectivity index (χ0v) is 65.1. The molecule has 0 spiro atoms. The largest absolute Gasteiger partial charge is 0.466 e. The van der Waals surface area contributed by atoms with E-state index in [9.17, 15) is 38.4 Å². The van der Waals surface area contributed by atoms with Gasteiger partial charge in [-0.3, -0.25) is 38.4 Å². The summed E-state index contributed by atoms with van der Waals surface area (Å²) in [6, 6.07) is -2.20. The highest BCUT2D eigenvalue weighted by Gasteiger charge is 2.36. The molecule has 0 aromatic carbocycles. The van der Waals surface area contributed by atoms with E-state index in [1.165, 1.54) is 231 Å². The van der Waals surface area contributed by atoms with Crippen molar-refractivity contribution in [3.63, 3.8) is 0 Å². The summed E-state index contributed by atoms with van der Waals surface area (Å²) in [6.07, 6.45) is 58.9. The molecule has 18 heteroatoms. The Labute approximate surface area is 607 Å². The standard InChI is InChI=1S/C80H148N4O12S2/c1-5-9-13-17-21-25-29-33-37-41-45-49-63-93-73(85)53-57-83(58-54-74(86)94-64-50-46-42-38-34-30-26-22-18-14-10-6-2)61-67-97-77(89)69-71-79(91)82-72(80(92)81-71)70-78(90)98-68-62-84(59-55-75(87)95-65-51-47-43-39-35-31-27-23-19-15-11-7-3)60-56-76(88)96-66-52-48-44-40-36-32-28-24-20-16-12-8-4/h71-72H,5-70H2,1-4H3,(H,81,92)(H,82,91). The Morgan fingerprint density at radius 1 is 0.286 bits per heavy atom.